The first-order valence-corrected chi connectivity index (χ1v) is 10.9. The molecule has 1 aromatic heterocycles. The van der Waals surface area contributed by atoms with E-state index in [1.807, 2.05) is 29.5 Å². The van der Waals surface area contributed by atoms with Crippen LogP contribution in [-0.2, 0) is 11.2 Å². The van der Waals surface area contributed by atoms with Crippen LogP contribution in [0.1, 0.15) is 40.7 Å². The maximum Gasteiger partial charge on any atom is 0.224 e. The molecule has 3 heterocycles. The van der Waals surface area contributed by atoms with Gasteiger partial charge in [-0.25, -0.2) is 0 Å². The van der Waals surface area contributed by atoms with Crippen LogP contribution < -0.4 is 10.2 Å². The lowest BCUT2D eigenvalue weighted by Gasteiger charge is -2.35. The number of amides is 1. The molecular weight excluding hydrogens is 370 g/mol. The number of aryl methyl sites for hydroxylation is 2. The molecule has 4 rings (SSSR count). The zero-order chi connectivity index (χ0) is 19.5. The molecule has 0 bridgehead atoms. The lowest BCUT2D eigenvalue weighted by molar-refractivity contribution is -0.116. The number of hydrogen-bond acceptors (Lipinski definition) is 5. The number of anilines is 2. The van der Waals surface area contributed by atoms with Gasteiger partial charge in [0.15, 0.2) is 5.78 Å². The van der Waals surface area contributed by atoms with Crippen LogP contribution in [-0.4, -0.2) is 49.3 Å². The summed E-state index contributed by atoms with van der Waals surface area (Å²) < 4.78 is 0. The van der Waals surface area contributed by atoms with Gasteiger partial charge in [0.25, 0.3) is 0 Å². The van der Waals surface area contributed by atoms with Gasteiger partial charge >= 0.3 is 0 Å². The number of rotatable bonds is 6. The first kappa shape index (κ1) is 19.2. The number of nitrogens with one attached hydrogen (secondary N) is 1. The van der Waals surface area contributed by atoms with Gasteiger partial charge in [0.1, 0.15) is 0 Å². The Morgan fingerprint density at radius 3 is 2.71 bits per heavy atom. The average Bonchev–Trinajstić information content (AvgIpc) is 3.14. The van der Waals surface area contributed by atoms with Gasteiger partial charge in [0.2, 0.25) is 5.91 Å². The second-order valence-corrected chi connectivity index (χ2v) is 8.63. The number of carbonyl (C=O) groups is 2. The molecule has 0 spiro atoms. The third-order valence-electron chi connectivity index (χ3n) is 5.60. The van der Waals surface area contributed by atoms with Crippen molar-refractivity contribution >= 4 is 33.7 Å². The summed E-state index contributed by atoms with van der Waals surface area (Å²) in [6.07, 6.45) is 2.69. The fourth-order valence-corrected chi connectivity index (χ4v) is 4.90. The molecule has 2 aliphatic heterocycles. The van der Waals surface area contributed by atoms with Gasteiger partial charge in [0.05, 0.1) is 5.00 Å². The summed E-state index contributed by atoms with van der Waals surface area (Å²) in [7, 11) is 0. The Hall–Kier alpha value is -2.18. The van der Waals surface area contributed by atoms with Crippen molar-refractivity contribution < 1.29 is 9.59 Å². The van der Waals surface area contributed by atoms with Crippen molar-refractivity contribution in [1.29, 1.82) is 0 Å². The molecule has 0 atom stereocenters. The largest absolute Gasteiger partial charge is 0.361 e. The Kier molecular flexibility index (Phi) is 5.78. The van der Waals surface area contributed by atoms with Gasteiger partial charge in [-0.15, -0.1) is 11.3 Å². The van der Waals surface area contributed by atoms with E-state index in [0.717, 1.165) is 62.4 Å². The fourth-order valence-electron chi connectivity index (χ4n) is 3.94. The van der Waals surface area contributed by atoms with Crippen molar-refractivity contribution in [1.82, 2.24) is 4.90 Å². The zero-order valence-corrected chi connectivity index (χ0v) is 17.2. The highest BCUT2D eigenvalue weighted by molar-refractivity contribution is 7.14. The van der Waals surface area contributed by atoms with Gasteiger partial charge in [-0.1, -0.05) is 0 Å². The third-order valence-corrected chi connectivity index (χ3v) is 6.71. The summed E-state index contributed by atoms with van der Waals surface area (Å²) in [5.74, 6) is 0.258. The third kappa shape index (κ3) is 4.45. The predicted octanol–water partition coefficient (Wildman–Crippen LogP) is 3.73. The van der Waals surface area contributed by atoms with Gasteiger partial charge in [-0.2, -0.15) is 0 Å². The van der Waals surface area contributed by atoms with Gasteiger partial charge < -0.3 is 10.2 Å². The summed E-state index contributed by atoms with van der Waals surface area (Å²) in [6, 6.07) is 7.93. The normalized spacial score (nSPS) is 17.3. The molecular formula is C22H27N3O2S. The molecule has 1 aromatic carbocycles. The van der Waals surface area contributed by atoms with Crippen LogP contribution in [0.25, 0.3) is 0 Å². The summed E-state index contributed by atoms with van der Waals surface area (Å²) >= 11 is 1.83. The number of Topliss-reactive ketones (excluding diaryl/α,β-unsaturated/α-hetero) is 1. The molecule has 1 fully saturated rings. The van der Waals surface area contributed by atoms with Crippen LogP contribution >= 0.6 is 11.3 Å². The monoisotopic (exact) mass is 397 g/mol. The average molecular weight is 398 g/mol. The Morgan fingerprint density at radius 2 is 1.96 bits per heavy atom. The van der Waals surface area contributed by atoms with Crippen LogP contribution in [0.4, 0.5) is 10.7 Å². The van der Waals surface area contributed by atoms with Crippen LogP contribution in [0, 0.1) is 6.92 Å². The molecule has 0 unspecified atom stereocenters. The first-order valence-electron chi connectivity index (χ1n) is 10.1. The minimum atomic E-state index is 0.0564. The highest BCUT2D eigenvalue weighted by Crippen LogP contribution is 2.26. The number of carbonyl (C=O) groups excluding carboxylic acids is 2. The summed E-state index contributed by atoms with van der Waals surface area (Å²) in [5.41, 5.74) is 4.04. The van der Waals surface area contributed by atoms with E-state index in [9.17, 15) is 9.59 Å². The Labute approximate surface area is 170 Å². The second-order valence-electron chi connectivity index (χ2n) is 7.74. The first-order chi connectivity index (χ1) is 13.6. The predicted molar refractivity (Wildman–Crippen MR) is 115 cm³/mol. The van der Waals surface area contributed by atoms with Crippen molar-refractivity contribution in [2.24, 2.45) is 0 Å². The van der Waals surface area contributed by atoms with E-state index in [1.54, 1.807) is 0 Å². The maximum absolute atomic E-state index is 12.6. The number of fused-ring (bicyclic) bond motifs is 1. The quantitative estimate of drug-likeness (QED) is 0.755. The Balaban J connectivity index is 1.22. The number of hydrogen-bond donors (Lipinski definition) is 1. The van der Waals surface area contributed by atoms with Gasteiger partial charge in [0, 0.05) is 50.3 Å². The van der Waals surface area contributed by atoms with Crippen LogP contribution in [0.15, 0.2) is 29.6 Å². The van der Waals surface area contributed by atoms with Crippen molar-refractivity contribution in [3.05, 3.63) is 46.3 Å². The van der Waals surface area contributed by atoms with Crippen LogP contribution in [0.5, 0.6) is 0 Å². The molecule has 5 nitrogen and oxygen atoms in total. The summed E-state index contributed by atoms with van der Waals surface area (Å²) in [5, 5.41) is 6.45. The molecule has 1 amide bonds. The molecule has 1 N–H and O–H groups in total. The van der Waals surface area contributed by atoms with E-state index in [2.05, 4.69) is 33.5 Å². The molecule has 6 heteroatoms. The van der Waals surface area contributed by atoms with Crippen molar-refractivity contribution in [2.75, 3.05) is 42.9 Å². The van der Waals surface area contributed by atoms with Crippen molar-refractivity contribution in [3.63, 3.8) is 0 Å². The SMILES string of the molecule is Cc1csc(N2CCN(CCCC(=O)c3ccc4c(c3)CCC(=O)N4)CC2)c1. The molecule has 28 heavy (non-hydrogen) atoms. The summed E-state index contributed by atoms with van der Waals surface area (Å²) in [4.78, 5) is 28.9. The number of thiophene rings is 1. The molecule has 0 saturated carbocycles. The molecule has 1 saturated heterocycles. The zero-order valence-electron chi connectivity index (χ0n) is 16.4. The van der Waals surface area contributed by atoms with Gasteiger partial charge in [-0.05, 0) is 67.1 Å². The Bertz CT molecular complexity index is 868. The lowest BCUT2D eigenvalue weighted by Crippen LogP contribution is -2.46. The minimum Gasteiger partial charge on any atom is -0.361 e. The lowest BCUT2D eigenvalue weighted by atomic mass is 9.97. The van der Waals surface area contributed by atoms with Crippen molar-refractivity contribution in [2.45, 2.75) is 32.6 Å². The molecule has 0 radical (unpaired) electrons. The molecule has 2 aromatic rings. The number of nitrogens with zero attached hydrogens (tertiary/aromatic N) is 2. The van der Waals surface area contributed by atoms with E-state index >= 15 is 0 Å². The summed E-state index contributed by atoms with van der Waals surface area (Å²) in [6.45, 7) is 7.36. The number of piperazine rings is 1. The highest BCUT2D eigenvalue weighted by atomic mass is 32.1. The van der Waals surface area contributed by atoms with E-state index in [1.165, 1.54) is 10.6 Å². The molecule has 2 aliphatic rings. The molecule has 148 valence electrons. The minimum absolute atomic E-state index is 0.0564. The Morgan fingerprint density at radius 1 is 1.14 bits per heavy atom. The van der Waals surface area contributed by atoms with E-state index in [-0.39, 0.29) is 11.7 Å². The maximum atomic E-state index is 12.6. The fraction of sp³-hybridized carbons (Fsp3) is 0.455. The van der Waals surface area contributed by atoms with Crippen LogP contribution in [0.2, 0.25) is 0 Å². The number of benzene rings is 1. The second kappa shape index (κ2) is 8.45. The smallest absolute Gasteiger partial charge is 0.224 e. The van der Waals surface area contributed by atoms with Crippen LogP contribution in [0.3, 0.4) is 0 Å². The highest BCUT2D eigenvalue weighted by Gasteiger charge is 2.19. The van der Waals surface area contributed by atoms with E-state index in [0.29, 0.717) is 12.8 Å². The number of ketones is 1. The van der Waals surface area contributed by atoms with Gasteiger partial charge in [-0.3, -0.25) is 14.5 Å². The molecule has 0 aliphatic carbocycles. The van der Waals surface area contributed by atoms with E-state index < -0.39 is 0 Å². The van der Waals surface area contributed by atoms with Crippen molar-refractivity contribution in [3.8, 4) is 0 Å². The topological polar surface area (TPSA) is 52.7 Å². The van der Waals surface area contributed by atoms with E-state index in [4.69, 9.17) is 0 Å². The standard InChI is InChI=1S/C22H27N3O2S/c1-16-13-22(28-15-16)25-11-9-24(10-12-25)8-2-3-20(26)18-4-6-19-17(14-18)5-7-21(27)23-19/h4,6,13-15H,2-3,5,7-12H2,1H3,(H,23,27).